The molecule has 1 saturated carbocycles. The number of benzene rings is 1. The second-order valence-electron chi connectivity index (χ2n) is 6.47. The number of ether oxygens (including phenoxy) is 2. The number of halogens is 1. The van der Waals surface area contributed by atoms with E-state index in [4.69, 9.17) is 26.4 Å². The molecule has 0 heterocycles. The molecule has 0 bridgehead atoms. The van der Waals surface area contributed by atoms with Crippen LogP contribution in [0.25, 0.3) is 0 Å². The third-order valence-electron chi connectivity index (χ3n) is 4.45. The molecule has 27 heavy (non-hydrogen) atoms. The van der Waals surface area contributed by atoms with Crippen molar-refractivity contribution < 1.29 is 32.3 Å². The Morgan fingerprint density at radius 2 is 1.85 bits per heavy atom. The number of carbonyl (C=O) groups is 1. The first kappa shape index (κ1) is 22.1. The lowest BCUT2D eigenvalue weighted by Gasteiger charge is -2.29. The second kappa shape index (κ2) is 9.33. The summed E-state index contributed by atoms with van der Waals surface area (Å²) in [4.78, 5) is 12.4. The average Bonchev–Trinajstić information content (AvgIpc) is 2.84. The van der Waals surface area contributed by atoms with E-state index in [-0.39, 0.29) is 26.0 Å². The summed E-state index contributed by atoms with van der Waals surface area (Å²) in [7, 11) is 2.41. The van der Waals surface area contributed by atoms with Gasteiger partial charge in [0, 0.05) is 0 Å². The number of alkyl halides is 1. The van der Waals surface area contributed by atoms with Crippen LogP contribution in [0.2, 0.25) is 5.82 Å². The molecule has 148 valence electrons. The summed E-state index contributed by atoms with van der Waals surface area (Å²) in [6, 6.07) is 8.26. The van der Waals surface area contributed by atoms with Crippen LogP contribution in [0.5, 0.6) is 0 Å². The Balaban J connectivity index is 2.12. The Morgan fingerprint density at radius 3 is 2.41 bits per heavy atom. The molecule has 1 aromatic rings. The van der Waals surface area contributed by atoms with E-state index in [0.717, 1.165) is 0 Å². The summed E-state index contributed by atoms with van der Waals surface area (Å²) in [5.74, 6) is -1.57. The fourth-order valence-electron chi connectivity index (χ4n) is 2.98. The van der Waals surface area contributed by atoms with E-state index in [0.29, 0.717) is 5.56 Å². The van der Waals surface area contributed by atoms with Crippen molar-refractivity contribution in [2.45, 2.75) is 50.9 Å². The van der Waals surface area contributed by atoms with Gasteiger partial charge in [0.1, 0.15) is 12.0 Å². The summed E-state index contributed by atoms with van der Waals surface area (Å²) in [5, 5.41) is 0. The Morgan fingerprint density at radius 1 is 1.26 bits per heavy atom. The minimum absolute atomic E-state index is 0.109. The molecule has 0 aliphatic heterocycles. The molecule has 6 nitrogen and oxygen atoms in total. The normalized spacial score (nSPS) is 28.2. The van der Waals surface area contributed by atoms with Gasteiger partial charge in [-0.15, -0.1) is 0 Å². The molecule has 0 N–H and O–H groups in total. The van der Waals surface area contributed by atoms with Crippen molar-refractivity contribution in [3.63, 3.8) is 0 Å². The molecule has 0 aromatic heterocycles. The Hall–Kier alpha value is -1.21. The topological polar surface area (TPSA) is 71.1 Å². The molecule has 4 atom stereocenters. The van der Waals surface area contributed by atoms with Gasteiger partial charge in [0.2, 0.25) is 0 Å². The molecular formula is C18H25BFO6P. The zero-order chi connectivity index (χ0) is 20.1. The van der Waals surface area contributed by atoms with Gasteiger partial charge in [-0.25, -0.2) is 9.18 Å². The molecule has 9 heteroatoms. The molecule has 1 aromatic carbocycles. The van der Waals surface area contributed by atoms with Gasteiger partial charge >= 0.3 is 13.6 Å². The molecule has 0 amide bonds. The van der Waals surface area contributed by atoms with Crippen molar-refractivity contribution in [3.8, 4) is 0 Å². The third kappa shape index (κ3) is 5.41. The van der Waals surface area contributed by atoms with Crippen LogP contribution in [0.4, 0.5) is 4.39 Å². The van der Waals surface area contributed by atoms with Gasteiger partial charge in [-0.3, -0.25) is 4.57 Å². The van der Waals surface area contributed by atoms with Crippen molar-refractivity contribution >= 4 is 21.4 Å². The standard InChI is InChI=1S/C18H25BFO6P/c1-4-24-27(22,25-5-2)12-23-14-11-15(19)18(3,20)16(14)26-17(21)13-9-7-6-8-10-13/h6-10,14-16H,4-5,11-12H2,1-3H3. The Labute approximate surface area is 160 Å². The quantitative estimate of drug-likeness (QED) is 0.357. The summed E-state index contributed by atoms with van der Waals surface area (Å²) >= 11 is 0. The van der Waals surface area contributed by atoms with E-state index in [9.17, 15) is 9.36 Å². The van der Waals surface area contributed by atoms with Crippen LogP contribution in [-0.4, -0.2) is 51.3 Å². The van der Waals surface area contributed by atoms with Crippen LogP contribution >= 0.6 is 7.60 Å². The second-order valence-corrected chi connectivity index (χ2v) is 8.46. The minimum atomic E-state index is -3.48. The maximum Gasteiger partial charge on any atom is 0.356 e. The van der Waals surface area contributed by atoms with Crippen LogP contribution in [0.3, 0.4) is 0 Å². The van der Waals surface area contributed by atoms with E-state index >= 15 is 4.39 Å². The van der Waals surface area contributed by atoms with Gasteiger partial charge in [-0.05, 0) is 45.1 Å². The summed E-state index contributed by atoms with van der Waals surface area (Å²) < 4.78 is 49.0. The van der Waals surface area contributed by atoms with Gasteiger partial charge in [-0.2, -0.15) is 0 Å². The predicted octanol–water partition coefficient (Wildman–Crippen LogP) is 3.91. The predicted molar refractivity (Wildman–Crippen MR) is 99.9 cm³/mol. The molecule has 0 saturated heterocycles. The number of hydrogen-bond donors (Lipinski definition) is 0. The van der Waals surface area contributed by atoms with Crippen molar-refractivity contribution in [1.82, 2.24) is 0 Å². The lowest BCUT2D eigenvalue weighted by molar-refractivity contribution is -0.0712. The monoisotopic (exact) mass is 398 g/mol. The number of rotatable bonds is 9. The molecule has 1 fully saturated rings. The SMILES string of the molecule is [B]C1CC(OCP(=O)(OCC)OCC)C(OC(=O)c2ccccc2)C1(C)F. The summed E-state index contributed by atoms with van der Waals surface area (Å²) in [5.41, 5.74) is -1.70. The Kier molecular flexibility index (Phi) is 7.63. The first-order valence-electron chi connectivity index (χ1n) is 8.93. The van der Waals surface area contributed by atoms with Crippen LogP contribution in [-0.2, 0) is 23.1 Å². The first-order valence-corrected chi connectivity index (χ1v) is 10.7. The van der Waals surface area contributed by atoms with E-state index in [1.165, 1.54) is 6.92 Å². The fraction of sp³-hybridized carbons (Fsp3) is 0.611. The van der Waals surface area contributed by atoms with Gasteiger partial charge in [-0.1, -0.05) is 18.2 Å². The van der Waals surface area contributed by atoms with E-state index in [1.807, 2.05) is 0 Å². The molecule has 1 aliphatic carbocycles. The molecule has 0 spiro atoms. The lowest BCUT2D eigenvalue weighted by atomic mass is 9.77. The average molecular weight is 398 g/mol. The van der Waals surface area contributed by atoms with Crippen molar-refractivity contribution in [3.05, 3.63) is 35.9 Å². The molecular weight excluding hydrogens is 373 g/mol. The number of esters is 1. The lowest BCUT2D eigenvalue weighted by Crippen LogP contribution is -2.42. The maximum atomic E-state index is 15.1. The molecule has 2 radical (unpaired) electrons. The van der Waals surface area contributed by atoms with Gasteiger partial charge in [0.05, 0.1) is 32.7 Å². The van der Waals surface area contributed by atoms with Gasteiger partial charge in [0.15, 0.2) is 6.10 Å². The van der Waals surface area contributed by atoms with Crippen molar-refractivity contribution in [2.75, 3.05) is 19.6 Å². The first-order chi connectivity index (χ1) is 12.7. The van der Waals surface area contributed by atoms with Crippen molar-refractivity contribution in [1.29, 1.82) is 0 Å². The van der Waals surface area contributed by atoms with Crippen LogP contribution in [0.1, 0.15) is 37.6 Å². The highest BCUT2D eigenvalue weighted by Crippen LogP contribution is 2.51. The minimum Gasteiger partial charge on any atom is -0.453 e. The van der Waals surface area contributed by atoms with Gasteiger partial charge < -0.3 is 18.5 Å². The van der Waals surface area contributed by atoms with Crippen molar-refractivity contribution in [2.24, 2.45) is 0 Å². The van der Waals surface area contributed by atoms with Crippen LogP contribution < -0.4 is 0 Å². The maximum absolute atomic E-state index is 15.1. The summed E-state index contributed by atoms with van der Waals surface area (Å²) in [6.45, 7) is 4.99. The number of hydrogen-bond acceptors (Lipinski definition) is 6. The molecule has 4 unspecified atom stereocenters. The molecule has 2 rings (SSSR count). The highest BCUT2D eigenvalue weighted by Gasteiger charge is 2.54. The van der Waals surface area contributed by atoms with Crippen LogP contribution in [0.15, 0.2) is 30.3 Å². The zero-order valence-electron chi connectivity index (χ0n) is 15.8. The zero-order valence-corrected chi connectivity index (χ0v) is 16.7. The summed E-state index contributed by atoms with van der Waals surface area (Å²) in [6.07, 6.45) is -2.37. The highest BCUT2D eigenvalue weighted by atomic mass is 31.2. The van der Waals surface area contributed by atoms with Gasteiger partial charge in [0.25, 0.3) is 0 Å². The van der Waals surface area contributed by atoms with E-state index < -0.39 is 37.3 Å². The highest BCUT2D eigenvalue weighted by molar-refractivity contribution is 7.53. The molecule has 1 aliphatic rings. The fourth-order valence-corrected chi connectivity index (χ4v) is 4.36. The smallest absolute Gasteiger partial charge is 0.356 e. The largest absolute Gasteiger partial charge is 0.453 e. The van der Waals surface area contributed by atoms with Crippen LogP contribution in [0, 0.1) is 0 Å². The van der Waals surface area contributed by atoms with E-state index in [2.05, 4.69) is 0 Å². The number of carbonyl (C=O) groups excluding carboxylic acids is 1. The third-order valence-corrected chi connectivity index (χ3v) is 6.22. The Bertz CT molecular complexity index is 661. The van der Waals surface area contributed by atoms with E-state index in [1.54, 1.807) is 44.2 Å².